The Morgan fingerprint density at radius 2 is 1.24 bits per heavy atom. The lowest BCUT2D eigenvalue weighted by Crippen LogP contribution is -2.59. The van der Waals surface area contributed by atoms with Crippen molar-refractivity contribution in [3.05, 3.63) is 60.7 Å². The lowest BCUT2D eigenvalue weighted by atomic mass is 10.3. The molecule has 0 atom stereocenters. The largest absolute Gasteiger partial charge is 0.304 e. The molecule has 2 rings (SSSR count). The number of unbranched alkanes of at least 4 members (excludes halogenated alkanes) is 1. The van der Waals surface area contributed by atoms with Gasteiger partial charge in [-0.3, -0.25) is 0 Å². The Bertz CT molecular complexity index is 542. The highest BCUT2D eigenvalue weighted by Gasteiger charge is 2.36. The van der Waals surface area contributed by atoms with Gasteiger partial charge in [-0.25, -0.2) is 0 Å². The molecule has 0 aliphatic carbocycles. The molecular weight excluding hydrogens is 318 g/mol. The van der Waals surface area contributed by atoms with E-state index in [-0.39, 0.29) is 0 Å². The molecule has 0 heterocycles. The summed E-state index contributed by atoms with van der Waals surface area (Å²) in [5.74, 6) is 0. The topological polar surface area (TPSA) is 3.24 Å². The molecule has 2 aromatic rings. The minimum Gasteiger partial charge on any atom is -0.304 e. The average molecular weight is 354 g/mol. The molecule has 136 valence electrons. The summed E-state index contributed by atoms with van der Waals surface area (Å²) in [6, 6.07) is 25.4. The highest BCUT2D eigenvalue weighted by atomic mass is 28.3. The van der Waals surface area contributed by atoms with E-state index in [4.69, 9.17) is 0 Å². The summed E-state index contributed by atoms with van der Waals surface area (Å²) in [7, 11) is -1.71. The van der Waals surface area contributed by atoms with Gasteiger partial charge in [0.2, 0.25) is 0 Å². The predicted octanol–water partition coefficient (Wildman–Crippen LogP) is 4.78. The van der Waals surface area contributed by atoms with Gasteiger partial charge in [0.15, 0.2) is 0 Å². The van der Waals surface area contributed by atoms with Crippen LogP contribution in [0.15, 0.2) is 60.7 Å². The van der Waals surface area contributed by atoms with Gasteiger partial charge in [-0.15, -0.1) is 0 Å². The van der Waals surface area contributed by atoms with Crippen molar-refractivity contribution in [2.75, 3.05) is 19.6 Å². The number of hydrogen-bond donors (Lipinski definition) is 0. The van der Waals surface area contributed by atoms with Crippen LogP contribution >= 0.6 is 0 Å². The van der Waals surface area contributed by atoms with Crippen LogP contribution in [0.5, 0.6) is 0 Å². The van der Waals surface area contributed by atoms with Crippen LogP contribution in [-0.4, -0.2) is 32.6 Å². The smallest absolute Gasteiger partial charge is 0.119 e. The van der Waals surface area contributed by atoms with Crippen LogP contribution in [0.4, 0.5) is 0 Å². The van der Waals surface area contributed by atoms with Gasteiger partial charge in [0.05, 0.1) is 0 Å². The Balaban J connectivity index is 2.34. The predicted molar refractivity (Wildman–Crippen MR) is 115 cm³/mol. The highest BCUT2D eigenvalue weighted by molar-refractivity contribution is 7.02. The van der Waals surface area contributed by atoms with E-state index in [2.05, 4.69) is 86.3 Å². The molecule has 0 aromatic heterocycles. The van der Waals surface area contributed by atoms with Crippen molar-refractivity contribution in [2.45, 2.75) is 52.1 Å². The summed E-state index contributed by atoms with van der Waals surface area (Å²) in [4.78, 5) is 2.66. The Kier molecular flexibility index (Phi) is 8.43. The first kappa shape index (κ1) is 19.9. The second kappa shape index (κ2) is 10.6. The van der Waals surface area contributed by atoms with Gasteiger partial charge < -0.3 is 4.90 Å². The van der Waals surface area contributed by atoms with Crippen molar-refractivity contribution in [2.24, 2.45) is 0 Å². The van der Waals surface area contributed by atoms with Gasteiger partial charge in [0.25, 0.3) is 0 Å². The zero-order valence-corrected chi connectivity index (χ0v) is 17.4. The second-order valence-corrected chi connectivity index (χ2v) is 11.4. The summed E-state index contributed by atoms with van der Waals surface area (Å²) < 4.78 is 0. The molecule has 0 spiro atoms. The fourth-order valence-corrected chi connectivity index (χ4v) is 8.92. The van der Waals surface area contributed by atoms with Gasteiger partial charge in [0.1, 0.15) is 8.07 Å². The van der Waals surface area contributed by atoms with Crippen LogP contribution in [0.2, 0.25) is 12.1 Å². The minimum atomic E-state index is -1.71. The van der Waals surface area contributed by atoms with Crippen LogP contribution in [0, 0.1) is 0 Å². The molecule has 0 N–H and O–H groups in total. The van der Waals surface area contributed by atoms with Crippen molar-refractivity contribution >= 4 is 18.4 Å². The van der Waals surface area contributed by atoms with Crippen molar-refractivity contribution in [1.29, 1.82) is 0 Å². The molecule has 0 radical (unpaired) electrons. The lowest BCUT2D eigenvalue weighted by Gasteiger charge is -2.35. The van der Waals surface area contributed by atoms with Crippen LogP contribution < -0.4 is 10.4 Å². The molecule has 0 saturated carbocycles. The Morgan fingerprint density at radius 1 is 0.680 bits per heavy atom. The number of nitrogens with zero attached hydrogens (tertiary/aromatic N) is 1. The van der Waals surface area contributed by atoms with Crippen LogP contribution in [-0.2, 0) is 0 Å². The fourth-order valence-electron chi connectivity index (χ4n) is 3.97. The first-order valence-electron chi connectivity index (χ1n) is 10.1. The molecular formula is C23H35NSi. The third-order valence-corrected chi connectivity index (χ3v) is 10.8. The van der Waals surface area contributed by atoms with Crippen molar-refractivity contribution in [1.82, 2.24) is 4.90 Å². The molecule has 2 heteroatoms. The maximum absolute atomic E-state index is 2.66. The van der Waals surface area contributed by atoms with Gasteiger partial charge >= 0.3 is 0 Å². The minimum absolute atomic E-state index is 1.17. The zero-order valence-electron chi connectivity index (χ0n) is 16.4. The number of benzene rings is 2. The van der Waals surface area contributed by atoms with Gasteiger partial charge in [-0.05, 0) is 38.1 Å². The third kappa shape index (κ3) is 5.29. The lowest BCUT2D eigenvalue weighted by molar-refractivity contribution is 0.297. The highest BCUT2D eigenvalue weighted by Crippen LogP contribution is 2.20. The molecule has 0 unspecified atom stereocenters. The summed E-state index contributed by atoms with van der Waals surface area (Å²) in [5.41, 5.74) is 0. The molecule has 0 aliphatic rings. The summed E-state index contributed by atoms with van der Waals surface area (Å²) in [6.45, 7) is 10.6. The summed E-state index contributed by atoms with van der Waals surface area (Å²) >= 11 is 0. The monoisotopic (exact) mass is 353 g/mol. The maximum Gasteiger partial charge on any atom is 0.119 e. The van der Waals surface area contributed by atoms with E-state index in [0.717, 1.165) is 0 Å². The van der Waals surface area contributed by atoms with E-state index in [1.54, 1.807) is 10.4 Å². The maximum atomic E-state index is 2.66. The molecule has 0 aliphatic heterocycles. The fraction of sp³-hybridized carbons (Fsp3) is 0.478. The van der Waals surface area contributed by atoms with Gasteiger partial charge in [-0.2, -0.15) is 0 Å². The molecule has 25 heavy (non-hydrogen) atoms. The second-order valence-electron chi connectivity index (χ2n) is 7.10. The summed E-state index contributed by atoms with van der Waals surface area (Å²) in [5, 5.41) is 3.21. The molecule has 1 nitrogen and oxygen atoms in total. The first-order chi connectivity index (χ1) is 12.3. The zero-order chi connectivity index (χ0) is 18.0. The quantitative estimate of drug-likeness (QED) is 0.525. The van der Waals surface area contributed by atoms with E-state index >= 15 is 0 Å². The Morgan fingerprint density at radius 3 is 1.68 bits per heavy atom. The van der Waals surface area contributed by atoms with Crippen molar-refractivity contribution in [3.8, 4) is 0 Å². The molecule has 0 saturated heterocycles. The normalized spacial score (nSPS) is 11.8. The molecule has 0 bridgehead atoms. The standard InChI is InChI=1S/C23H35NSi/c1-4-7-18-24(6-3)19-21-25(20-5-2,22-14-10-8-11-15-22)23-16-12-9-13-17-23/h8-17H,4-7,18-21H2,1-3H3. The SMILES string of the molecule is CCCCN(CC)CC[Si](CCC)(c1ccccc1)c1ccccc1. The average Bonchev–Trinajstić information content (AvgIpc) is 2.68. The van der Waals surface area contributed by atoms with Crippen molar-refractivity contribution < 1.29 is 0 Å². The molecule has 2 aromatic carbocycles. The van der Waals surface area contributed by atoms with E-state index in [0.29, 0.717) is 0 Å². The third-order valence-electron chi connectivity index (χ3n) is 5.46. The van der Waals surface area contributed by atoms with Gasteiger partial charge in [0, 0.05) is 0 Å². The van der Waals surface area contributed by atoms with E-state index < -0.39 is 8.07 Å². The Labute approximate surface area is 156 Å². The summed E-state index contributed by atoms with van der Waals surface area (Å²) in [6.07, 6.45) is 3.86. The first-order valence-corrected chi connectivity index (χ1v) is 12.5. The van der Waals surface area contributed by atoms with Crippen LogP contribution in [0.25, 0.3) is 0 Å². The van der Waals surface area contributed by atoms with Crippen LogP contribution in [0.3, 0.4) is 0 Å². The van der Waals surface area contributed by atoms with E-state index in [9.17, 15) is 0 Å². The van der Waals surface area contributed by atoms with Crippen LogP contribution in [0.1, 0.15) is 40.0 Å². The Hall–Kier alpha value is -1.38. The van der Waals surface area contributed by atoms with E-state index in [1.165, 1.54) is 51.0 Å². The van der Waals surface area contributed by atoms with E-state index in [1.807, 2.05) is 0 Å². The number of hydrogen-bond acceptors (Lipinski definition) is 1. The molecule has 0 fully saturated rings. The van der Waals surface area contributed by atoms with Crippen molar-refractivity contribution in [3.63, 3.8) is 0 Å². The molecule has 0 amide bonds. The number of rotatable bonds is 11. The van der Waals surface area contributed by atoms with Gasteiger partial charge in [-0.1, -0.05) is 105 Å².